The Morgan fingerprint density at radius 2 is 2.04 bits per heavy atom. The normalized spacial score (nSPS) is 38.7. The van der Waals surface area contributed by atoms with Gasteiger partial charge in [-0.3, -0.25) is 4.79 Å². The number of nitrogens with zero attached hydrogens (tertiary/aromatic N) is 2. The van der Waals surface area contributed by atoms with E-state index in [0.717, 1.165) is 44.3 Å². The molecular weight excluding hydrogens is 332 g/mol. The van der Waals surface area contributed by atoms with E-state index in [9.17, 15) is 4.79 Å². The van der Waals surface area contributed by atoms with Crippen molar-refractivity contribution in [3.8, 4) is 5.88 Å². The zero-order valence-corrected chi connectivity index (χ0v) is 15.4. The van der Waals surface area contributed by atoms with Crippen molar-refractivity contribution in [2.45, 2.75) is 75.2 Å². The largest absolute Gasteiger partial charge is 0.481 e. The van der Waals surface area contributed by atoms with Gasteiger partial charge < -0.3 is 20.1 Å². The van der Waals surface area contributed by atoms with Gasteiger partial charge in [-0.2, -0.15) is 0 Å². The Morgan fingerprint density at radius 1 is 1.27 bits per heavy atom. The molecule has 1 aromatic heterocycles. The molecule has 3 saturated carbocycles. The highest BCUT2D eigenvalue weighted by molar-refractivity contribution is 5.87. The van der Waals surface area contributed by atoms with Crippen molar-refractivity contribution in [1.82, 2.24) is 15.3 Å². The summed E-state index contributed by atoms with van der Waals surface area (Å²) in [4.78, 5) is 21.3. The molecule has 26 heavy (non-hydrogen) atoms. The van der Waals surface area contributed by atoms with Gasteiger partial charge in [0.2, 0.25) is 11.8 Å². The first-order valence-electron chi connectivity index (χ1n) is 9.60. The molecule has 2 aliphatic heterocycles. The van der Waals surface area contributed by atoms with Gasteiger partial charge in [0, 0.05) is 18.2 Å². The number of carbonyl (C=O) groups is 1. The second kappa shape index (κ2) is 5.31. The highest BCUT2D eigenvalue weighted by Crippen LogP contribution is 2.72. The monoisotopic (exact) mass is 358 g/mol. The van der Waals surface area contributed by atoms with Crippen LogP contribution in [0.3, 0.4) is 0 Å². The molecule has 0 unspecified atom stereocenters. The third-order valence-electron chi connectivity index (χ3n) is 6.94. The van der Waals surface area contributed by atoms with Gasteiger partial charge in [0.25, 0.3) is 0 Å². The number of amides is 1. The van der Waals surface area contributed by atoms with Gasteiger partial charge in [-0.1, -0.05) is 0 Å². The summed E-state index contributed by atoms with van der Waals surface area (Å²) in [7, 11) is 1.59. The van der Waals surface area contributed by atoms with Gasteiger partial charge in [0.1, 0.15) is 12.1 Å². The van der Waals surface area contributed by atoms with Gasteiger partial charge in [-0.15, -0.1) is 0 Å². The third kappa shape index (κ3) is 2.19. The number of carbonyl (C=O) groups excluding carboxylic acids is 1. The fourth-order valence-corrected chi connectivity index (χ4v) is 5.55. The molecule has 5 fully saturated rings. The van der Waals surface area contributed by atoms with Crippen LogP contribution in [0.4, 0.5) is 5.82 Å². The fourth-order valence-electron chi connectivity index (χ4n) is 5.55. The van der Waals surface area contributed by atoms with Crippen LogP contribution in [0.15, 0.2) is 12.4 Å². The van der Waals surface area contributed by atoms with Crippen molar-refractivity contribution in [3.05, 3.63) is 12.4 Å². The van der Waals surface area contributed by atoms with Crippen LogP contribution in [0, 0.1) is 5.41 Å². The summed E-state index contributed by atoms with van der Waals surface area (Å²) in [6.45, 7) is 2.16. The van der Waals surface area contributed by atoms with Crippen LogP contribution >= 0.6 is 0 Å². The topological polar surface area (TPSA) is 85.4 Å². The van der Waals surface area contributed by atoms with Crippen molar-refractivity contribution in [2.75, 3.05) is 12.4 Å². The maximum Gasteiger partial charge on any atom is 0.229 e. The Bertz CT molecular complexity index is 736. The highest BCUT2D eigenvalue weighted by Gasteiger charge is 2.77. The van der Waals surface area contributed by atoms with Crippen LogP contribution in [0.5, 0.6) is 5.88 Å². The van der Waals surface area contributed by atoms with Gasteiger partial charge in [0.15, 0.2) is 0 Å². The highest BCUT2D eigenvalue weighted by atomic mass is 16.5. The smallest absolute Gasteiger partial charge is 0.229 e. The van der Waals surface area contributed by atoms with Crippen molar-refractivity contribution in [1.29, 1.82) is 0 Å². The Hall–Kier alpha value is -1.89. The van der Waals surface area contributed by atoms with E-state index in [4.69, 9.17) is 9.47 Å². The lowest BCUT2D eigenvalue weighted by atomic mass is 9.51. The molecule has 0 aromatic carbocycles. The van der Waals surface area contributed by atoms with Crippen LogP contribution in [0.1, 0.15) is 51.9 Å². The lowest BCUT2D eigenvalue weighted by Crippen LogP contribution is -2.63. The Labute approximate surface area is 153 Å². The van der Waals surface area contributed by atoms with Crippen LogP contribution in [0.25, 0.3) is 0 Å². The van der Waals surface area contributed by atoms with Crippen molar-refractivity contribution >= 4 is 11.7 Å². The molecule has 1 amide bonds. The predicted octanol–water partition coefficient (Wildman–Crippen LogP) is 2.04. The second-order valence-electron chi connectivity index (χ2n) is 8.76. The van der Waals surface area contributed by atoms with Crippen LogP contribution < -0.4 is 15.4 Å². The number of rotatable bonds is 5. The first-order chi connectivity index (χ1) is 12.5. The quantitative estimate of drug-likeness (QED) is 0.838. The van der Waals surface area contributed by atoms with E-state index in [1.54, 1.807) is 13.2 Å². The number of aromatic nitrogens is 2. The van der Waals surface area contributed by atoms with Crippen molar-refractivity contribution < 1.29 is 14.3 Å². The average molecular weight is 358 g/mol. The first-order valence-corrected chi connectivity index (χ1v) is 9.60. The molecule has 6 rings (SSSR count). The molecule has 5 aliphatic rings. The van der Waals surface area contributed by atoms with Crippen LogP contribution in [-0.4, -0.2) is 46.3 Å². The minimum absolute atomic E-state index is 0.0620. The lowest BCUT2D eigenvalue weighted by Gasteiger charge is -2.50. The third-order valence-corrected chi connectivity index (χ3v) is 6.94. The van der Waals surface area contributed by atoms with E-state index in [2.05, 4.69) is 27.5 Å². The molecule has 2 saturated heterocycles. The van der Waals surface area contributed by atoms with E-state index in [-0.39, 0.29) is 28.6 Å². The molecule has 3 heterocycles. The average Bonchev–Trinajstić information content (AvgIpc) is 2.98. The molecule has 1 spiro atoms. The minimum atomic E-state index is -0.265. The van der Waals surface area contributed by atoms with E-state index < -0.39 is 0 Å². The number of hydrogen-bond donors (Lipinski definition) is 2. The first kappa shape index (κ1) is 16.3. The maximum absolute atomic E-state index is 13.1. The molecule has 0 radical (unpaired) electrons. The Balaban J connectivity index is 1.16. The van der Waals surface area contributed by atoms with Gasteiger partial charge >= 0.3 is 0 Å². The fraction of sp³-hybridized carbons (Fsp3) is 0.737. The summed E-state index contributed by atoms with van der Waals surface area (Å²) < 4.78 is 11.4. The molecule has 140 valence electrons. The Kier molecular flexibility index (Phi) is 3.33. The number of nitrogens with one attached hydrogen (secondary N) is 2. The molecular formula is C19H26N4O3. The van der Waals surface area contributed by atoms with E-state index >= 15 is 0 Å². The summed E-state index contributed by atoms with van der Waals surface area (Å²) in [5.41, 5.74) is -0.489. The molecule has 0 atom stereocenters. The molecule has 2 bridgehead atoms. The number of hydrogen-bond acceptors (Lipinski definition) is 6. The Morgan fingerprint density at radius 3 is 2.69 bits per heavy atom. The summed E-state index contributed by atoms with van der Waals surface area (Å²) in [6.07, 6.45) is 8.37. The van der Waals surface area contributed by atoms with Crippen molar-refractivity contribution in [3.63, 3.8) is 0 Å². The van der Waals surface area contributed by atoms with Gasteiger partial charge in [-0.05, 0) is 51.9 Å². The zero-order chi connectivity index (χ0) is 18.0. The van der Waals surface area contributed by atoms with E-state index in [1.807, 2.05) is 0 Å². The predicted molar refractivity (Wildman–Crippen MR) is 94.9 cm³/mol. The molecule has 2 N–H and O–H groups in total. The van der Waals surface area contributed by atoms with E-state index in [1.165, 1.54) is 12.7 Å². The molecule has 7 heteroatoms. The summed E-state index contributed by atoms with van der Waals surface area (Å²) in [6, 6.07) is 2.35. The zero-order valence-electron chi connectivity index (χ0n) is 15.4. The lowest BCUT2D eigenvalue weighted by molar-refractivity contribution is -0.147. The van der Waals surface area contributed by atoms with Crippen LogP contribution in [0.2, 0.25) is 0 Å². The van der Waals surface area contributed by atoms with Crippen molar-refractivity contribution in [2.24, 2.45) is 5.41 Å². The van der Waals surface area contributed by atoms with Gasteiger partial charge in [0.05, 0.1) is 23.7 Å². The van der Waals surface area contributed by atoms with Gasteiger partial charge in [-0.25, -0.2) is 9.97 Å². The SMILES string of the molecule is COc1cc(NC2CC(NC(=O)C34CC(C)(C3)OC43CCC3)C2)ncn1. The maximum atomic E-state index is 13.1. The summed E-state index contributed by atoms with van der Waals surface area (Å²) >= 11 is 0. The minimum Gasteiger partial charge on any atom is -0.481 e. The second-order valence-corrected chi connectivity index (χ2v) is 8.76. The standard InChI is InChI=1S/C19H26N4O3/c1-17-9-18(10-17,19(26-17)4-3-5-19)16(24)23-13-6-12(7-13)22-14-8-15(25-2)21-11-20-14/h8,11-13H,3-7,9-10H2,1-2H3,(H,23,24)(H,20,21,22). The number of anilines is 1. The number of methoxy groups -OCH3 is 1. The molecule has 1 aromatic rings. The summed E-state index contributed by atoms with van der Waals surface area (Å²) in [5.74, 6) is 1.53. The molecule has 3 aliphatic carbocycles. The van der Waals surface area contributed by atoms with Crippen LogP contribution in [-0.2, 0) is 9.53 Å². The number of ether oxygens (including phenoxy) is 2. The molecule has 7 nitrogen and oxygen atoms in total. The van der Waals surface area contributed by atoms with E-state index in [0.29, 0.717) is 11.9 Å². The summed E-state index contributed by atoms with van der Waals surface area (Å²) in [5, 5.41) is 6.68.